The molecule has 0 aromatic heterocycles. The fourth-order valence-electron chi connectivity index (χ4n) is 3.59. The fourth-order valence-corrected chi connectivity index (χ4v) is 7.18. The van der Waals surface area contributed by atoms with Gasteiger partial charge in [0, 0.05) is 40.3 Å². The van der Waals surface area contributed by atoms with Gasteiger partial charge in [-0.15, -0.1) is 0 Å². The smallest absolute Gasteiger partial charge is 0.799 e. The summed E-state index contributed by atoms with van der Waals surface area (Å²) in [6, 6.07) is 0. The molecule has 2 aliphatic rings. The Labute approximate surface area is 161 Å². The zero-order chi connectivity index (χ0) is 18.1. The van der Waals surface area contributed by atoms with Gasteiger partial charge in [0.15, 0.2) is 0 Å². The van der Waals surface area contributed by atoms with Gasteiger partial charge in [0.1, 0.15) is 0 Å². The molecule has 152 valence electrons. The summed E-state index contributed by atoms with van der Waals surface area (Å²) in [4.78, 5) is 22.9. The molecular formula is C16H32NiO6P2. The van der Waals surface area contributed by atoms with Crippen molar-refractivity contribution in [3.8, 4) is 0 Å². The molecule has 2 aliphatic carbocycles. The van der Waals surface area contributed by atoms with E-state index >= 15 is 0 Å². The molecule has 25 heavy (non-hydrogen) atoms. The van der Waals surface area contributed by atoms with E-state index in [2.05, 4.69) is 0 Å². The predicted molar refractivity (Wildman–Crippen MR) is 92.9 cm³/mol. The molecule has 0 amide bonds. The van der Waals surface area contributed by atoms with E-state index < -0.39 is 14.7 Å². The maximum atomic E-state index is 11.5. The Kier molecular flexibility index (Phi) is 13.5. The van der Waals surface area contributed by atoms with Crippen LogP contribution in [0.3, 0.4) is 0 Å². The molecule has 6 nitrogen and oxygen atoms in total. The molecule has 2 atom stereocenters. The first-order valence-corrected chi connectivity index (χ1v) is 12.9. The van der Waals surface area contributed by atoms with Gasteiger partial charge in [-0.2, -0.15) is 0 Å². The Morgan fingerprint density at radius 3 is 1.20 bits per heavy atom. The molecular weight excluding hydrogens is 409 g/mol. The minimum atomic E-state index is -3.27. The van der Waals surface area contributed by atoms with Crippen molar-refractivity contribution in [2.75, 3.05) is 25.5 Å². The summed E-state index contributed by atoms with van der Waals surface area (Å²) in [5.74, 6) is 0. The van der Waals surface area contributed by atoms with Crippen LogP contribution in [0.4, 0.5) is 0 Å². The minimum absolute atomic E-state index is 0. The standard InChI is InChI=1S/2C8H17O3P.Ni/c2*9-6-7-12(10,11)8-4-2-1-3-5-8;/h2*8-9H,1-7H2,(H,10,11);/q;;+2/p-2. The van der Waals surface area contributed by atoms with Crippen LogP contribution in [0.5, 0.6) is 0 Å². The zero-order valence-corrected chi connectivity index (χ0v) is 17.6. The van der Waals surface area contributed by atoms with Crippen LogP contribution < -0.4 is 9.79 Å². The molecule has 0 heterocycles. The molecule has 0 saturated heterocycles. The van der Waals surface area contributed by atoms with Gasteiger partial charge in [-0.3, -0.25) is 0 Å². The first-order chi connectivity index (χ1) is 11.3. The van der Waals surface area contributed by atoms with Crippen LogP contribution in [-0.2, 0) is 25.6 Å². The summed E-state index contributed by atoms with van der Waals surface area (Å²) in [5, 5.41) is 17.1. The van der Waals surface area contributed by atoms with E-state index in [4.69, 9.17) is 10.2 Å². The molecule has 0 spiro atoms. The third-order valence-electron chi connectivity index (χ3n) is 5.09. The van der Waals surface area contributed by atoms with E-state index in [1.807, 2.05) is 0 Å². The van der Waals surface area contributed by atoms with Crippen LogP contribution in [0.1, 0.15) is 64.2 Å². The SMILES string of the molecule is O=P([O-])(CCO)C1CCCCC1.O=P([O-])(CCO)C1CCCCC1.[Ni+2]. The third-order valence-corrected chi connectivity index (χ3v) is 9.99. The van der Waals surface area contributed by atoms with Crippen molar-refractivity contribution in [3.05, 3.63) is 0 Å². The normalized spacial score (nSPS) is 24.2. The van der Waals surface area contributed by atoms with E-state index in [1.54, 1.807) is 0 Å². The van der Waals surface area contributed by atoms with Crippen LogP contribution in [-0.4, -0.2) is 47.1 Å². The molecule has 2 saturated carbocycles. The Bertz CT molecular complexity index is 396. The van der Waals surface area contributed by atoms with Crippen molar-refractivity contribution < 1.29 is 45.6 Å². The molecule has 0 radical (unpaired) electrons. The predicted octanol–water partition coefficient (Wildman–Crippen LogP) is 1.90. The van der Waals surface area contributed by atoms with Gasteiger partial charge in [0.2, 0.25) is 0 Å². The van der Waals surface area contributed by atoms with Gasteiger partial charge in [-0.05, 0) is 37.0 Å². The molecule has 0 aliphatic heterocycles. The zero-order valence-electron chi connectivity index (χ0n) is 14.8. The number of aliphatic hydroxyl groups is 2. The first-order valence-electron chi connectivity index (χ1n) is 9.14. The van der Waals surface area contributed by atoms with Crippen molar-refractivity contribution in [3.63, 3.8) is 0 Å². The van der Waals surface area contributed by atoms with Crippen molar-refractivity contribution in [2.45, 2.75) is 75.5 Å². The van der Waals surface area contributed by atoms with E-state index in [9.17, 15) is 18.9 Å². The number of rotatable bonds is 6. The minimum Gasteiger partial charge on any atom is -0.799 e. The quantitative estimate of drug-likeness (QED) is 0.480. The average Bonchev–Trinajstić information content (AvgIpc) is 2.57. The molecule has 2 rings (SSSR count). The van der Waals surface area contributed by atoms with Gasteiger partial charge >= 0.3 is 16.5 Å². The average molecular weight is 441 g/mol. The molecule has 2 unspecified atom stereocenters. The molecule has 0 bridgehead atoms. The fraction of sp³-hybridized carbons (Fsp3) is 1.00. The van der Waals surface area contributed by atoms with E-state index in [0.717, 1.165) is 64.2 Å². The molecule has 0 aromatic carbocycles. The molecule has 9 heteroatoms. The van der Waals surface area contributed by atoms with E-state index in [-0.39, 0.29) is 53.3 Å². The summed E-state index contributed by atoms with van der Waals surface area (Å²) in [6.45, 7) is -0.450. The largest absolute Gasteiger partial charge is 2.00 e. The van der Waals surface area contributed by atoms with Gasteiger partial charge in [-0.1, -0.05) is 38.5 Å². The van der Waals surface area contributed by atoms with Crippen LogP contribution in [0, 0.1) is 0 Å². The summed E-state index contributed by atoms with van der Waals surface area (Å²) in [6.07, 6.45) is 9.61. The van der Waals surface area contributed by atoms with Crippen LogP contribution in [0.25, 0.3) is 0 Å². The van der Waals surface area contributed by atoms with Crippen LogP contribution >= 0.6 is 14.7 Å². The maximum Gasteiger partial charge on any atom is 2.00 e. The third kappa shape index (κ3) is 9.52. The van der Waals surface area contributed by atoms with Crippen molar-refractivity contribution in [2.24, 2.45) is 0 Å². The maximum absolute atomic E-state index is 11.5. The Hall–Kier alpha value is 0.794. The second-order valence-corrected chi connectivity index (χ2v) is 12.2. The van der Waals surface area contributed by atoms with Crippen molar-refractivity contribution in [1.82, 2.24) is 0 Å². The molecule has 2 fully saturated rings. The number of hydrogen-bond acceptors (Lipinski definition) is 6. The molecule has 2 N–H and O–H groups in total. The van der Waals surface area contributed by atoms with Gasteiger partial charge < -0.3 is 29.1 Å². The first kappa shape index (κ1) is 25.8. The van der Waals surface area contributed by atoms with Crippen LogP contribution in [0.2, 0.25) is 0 Å². The van der Waals surface area contributed by atoms with Gasteiger partial charge in [-0.25, -0.2) is 0 Å². The number of aliphatic hydroxyl groups excluding tert-OH is 2. The summed E-state index contributed by atoms with van der Waals surface area (Å²) in [7, 11) is -6.54. The van der Waals surface area contributed by atoms with E-state index in [1.165, 1.54) is 0 Å². The van der Waals surface area contributed by atoms with Gasteiger partial charge in [0.25, 0.3) is 0 Å². The Morgan fingerprint density at radius 1 is 0.680 bits per heavy atom. The summed E-state index contributed by atoms with van der Waals surface area (Å²) < 4.78 is 22.9. The van der Waals surface area contributed by atoms with Gasteiger partial charge in [0.05, 0.1) is 0 Å². The second-order valence-electron chi connectivity index (χ2n) is 6.93. The van der Waals surface area contributed by atoms with E-state index in [0.29, 0.717) is 0 Å². The monoisotopic (exact) mass is 440 g/mol. The topological polar surface area (TPSA) is 121 Å². The Morgan fingerprint density at radius 2 is 0.960 bits per heavy atom. The molecule has 0 aromatic rings. The van der Waals surface area contributed by atoms with Crippen molar-refractivity contribution >= 4 is 14.7 Å². The summed E-state index contributed by atoms with van der Waals surface area (Å²) >= 11 is 0. The summed E-state index contributed by atoms with van der Waals surface area (Å²) in [5.41, 5.74) is -0.281. The van der Waals surface area contributed by atoms with Crippen molar-refractivity contribution in [1.29, 1.82) is 0 Å². The number of hydrogen-bond donors (Lipinski definition) is 2. The second kappa shape index (κ2) is 13.1. The Balaban J connectivity index is 0.000000443. The van der Waals surface area contributed by atoms with Crippen LogP contribution in [0.15, 0.2) is 0 Å².